The Labute approximate surface area is 132 Å². The Bertz CT molecular complexity index is 606. The van der Waals surface area contributed by atoms with E-state index in [0.717, 1.165) is 12.1 Å². The van der Waals surface area contributed by atoms with Gasteiger partial charge in [-0.05, 0) is 36.4 Å². The third kappa shape index (κ3) is 3.44. The molecule has 0 aromatic heterocycles. The fourth-order valence-corrected chi connectivity index (χ4v) is 2.98. The second kappa shape index (κ2) is 6.77. The highest BCUT2D eigenvalue weighted by molar-refractivity contribution is 6.41. The summed E-state index contributed by atoms with van der Waals surface area (Å²) in [6.45, 7) is 3.19. The van der Waals surface area contributed by atoms with Crippen LogP contribution in [0.25, 0.3) is 11.1 Å². The first kappa shape index (κ1) is 15.6. The minimum absolute atomic E-state index is 0.254. The summed E-state index contributed by atoms with van der Waals surface area (Å²) >= 11 is 18.3. The third-order valence-electron chi connectivity index (χ3n) is 2.91. The van der Waals surface area contributed by atoms with Gasteiger partial charge in [-0.15, -0.1) is 0 Å². The van der Waals surface area contributed by atoms with Gasteiger partial charge in [-0.3, -0.25) is 0 Å². The molecule has 1 nitrogen and oxygen atoms in total. The zero-order valence-corrected chi connectivity index (χ0v) is 13.1. The van der Waals surface area contributed by atoms with E-state index < -0.39 is 0 Å². The molecule has 1 N–H and O–H groups in total. The molecule has 0 unspecified atom stereocenters. The van der Waals surface area contributed by atoms with Crippen LogP contribution < -0.4 is 5.32 Å². The van der Waals surface area contributed by atoms with Crippen molar-refractivity contribution in [3.8, 4) is 11.1 Å². The van der Waals surface area contributed by atoms with Gasteiger partial charge in [0.05, 0.1) is 10.0 Å². The quantitative estimate of drug-likeness (QED) is 0.772. The molecule has 106 valence electrons. The van der Waals surface area contributed by atoms with Crippen molar-refractivity contribution in [1.29, 1.82) is 0 Å². The largest absolute Gasteiger partial charge is 0.313 e. The van der Waals surface area contributed by atoms with Crippen LogP contribution in [0.5, 0.6) is 0 Å². The van der Waals surface area contributed by atoms with E-state index in [0.29, 0.717) is 32.7 Å². The molecule has 20 heavy (non-hydrogen) atoms. The average molecular weight is 333 g/mol. The number of nitrogens with one attached hydrogen (secondary N) is 1. The Kier molecular flexibility index (Phi) is 5.28. The maximum Gasteiger partial charge on any atom is 0.127 e. The maximum atomic E-state index is 13.7. The third-order valence-corrected chi connectivity index (χ3v) is 3.72. The van der Waals surface area contributed by atoms with Gasteiger partial charge in [0, 0.05) is 22.7 Å². The van der Waals surface area contributed by atoms with Crippen LogP contribution in [-0.2, 0) is 6.54 Å². The van der Waals surface area contributed by atoms with Crippen LogP contribution in [0, 0.1) is 5.82 Å². The van der Waals surface area contributed by atoms with Crippen LogP contribution in [0.3, 0.4) is 0 Å². The number of rotatable bonds is 4. The Morgan fingerprint density at radius 1 is 1.05 bits per heavy atom. The van der Waals surface area contributed by atoms with Gasteiger partial charge in [0.1, 0.15) is 5.82 Å². The van der Waals surface area contributed by atoms with Gasteiger partial charge in [0.25, 0.3) is 0 Å². The molecule has 2 aromatic carbocycles. The van der Waals surface area contributed by atoms with Crippen molar-refractivity contribution >= 4 is 34.8 Å². The van der Waals surface area contributed by atoms with Crippen molar-refractivity contribution in [2.24, 2.45) is 0 Å². The van der Waals surface area contributed by atoms with E-state index in [4.69, 9.17) is 34.8 Å². The lowest BCUT2D eigenvalue weighted by molar-refractivity contribution is 0.593. The molecule has 2 aromatic rings. The van der Waals surface area contributed by atoms with Crippen molar-refractivity contribution in [2.75, 3.05) is 6.54 Å². The Hall–Kier alpha value is -0.800. The van der Waals surface area contributed by atoms with E-state index in [-0.39, 0.29) is 5.82 Å². The summed E-state index contributed by atoms with van der Waals surface area (Å²) in [5, 5.41) is 4.46. The molecule has 0 aliphatic carbocycles. The molecule has 0 fully saturated rings. The molecular weight excluding hydrogens is 320 g/mol. The molecule has 0 aliphatic rings. The zero-order chi connectivity index (χ0) is 14.7. The summed E-state index contributed by atoms with van der Waals surface area (Å²) in [6, 6.07) is 8.07. The molecule has 0 bridgehead atoms. The fourth-order valence-electron chi connectivity index (χ4n) is 1.94. The lowest BCUT2D eigenvalue weighted by atomic mass is 10.0. The van der Waals surface area contributed by atoms with E-state index in [2.05, 4.69) is 5.32 Å². The van der Waals surface area contributed by atoms with Crippen LogP contribution in [0.1, 0.15) is 12.5 Å². The molecule has 0 heterocycles. The highest BCUT2D eigenvalue weighted by Gasteiger charge is 2.12. The molecule has 0 radical (unpaired) electrons. The highest BCUT2D eigenvalue weighted by Crippen LogP contribution is 2.37. The Morgan fingerprint density at radius 2 is 1.70 bits per heavy atom. The van der Waals surface area contributed by atoms with Gasteiger partial charge >= 0.3 is 0 Å². The summed E-state index contributed by atoms with van der Waals surface area (Å²) in [5.74, 6) is -0.254. The smallest absolute Gasteiger partial charge is 0.127 e. The lowest BCUT2D eigenvalue weighted by Crippen LogP contribution is -2.13. The minimum atomic E-state index is -0.254. The summed E-state index contributed by atoms with van der Waals surface area (Å²) in [4.78, 5) is 0. The van der Waals surface area contributed by atoms with Crippen LogP contribution >= 0.6 is 34.8 Å². The minimum Gasteiger partial charge on any atom is -0.313 e. The van der Waals surface area contributed by atoms with E-state index >= 15 is 0 Å². The molecule has 0 saturated heterocycles. The summed E-state index contributed by atoms with van der Waals surface area (Å²) < 4.78 is 13.7. The van der Waals surface area contributed by atoms with Crippen LogP contribution in [-0.4, -0.2) is 6.54 Å². The van der Waals surface area contributed by atoms with Gasteiger partial charge in [-0.2, -0.15) is 0 Å². The summed E-state index contributed by atoms with van der Waals surface area (Å²) in [7, 11) is 0. The van der Waals surface area contributed by atoms with Crippen LogP contribution in [0.2, 0.25) is 15.1 Å². The van der Waals surface area contributed by atoms with Crippen LogP contribution in [0.15, 0.2) is 30.3 Å². The number of benzene rings is 2. The van der Waals surface area contributed by atoms with Crippen molar-refractivity contribution in [2.45, 2.75) is 13.5 Å². The molecule has 0 atom stereocenters. The molecule has 0 aliphatic heterocycles. The van der Waals surface area contributed by atoms with Gasteiger partial charge in [-0.25, -0.2) is 4.39 Å². The topological polar surface area (TPSA) is 12.0 Å². The first-order valence-corrected chi connectivity index (χ1v) is 7.30. The lowest BCUT2D eigenvalue weighted by Gasteiger charge is -2.11. The monoisotopic (exact) mass is 331 g/mol. The normalized spacial score (nSPS) is 10.8. The standard InChI is InChI=1S/C15H13Cl3FN/c1-2-20-8-10-5-9(3-4-14(10)19)15-12(17)6-11(16)7-13(15)18/h3-7,20H,2,8H2,1H3. The van der Waals surface area contributed by atoms with Gasteiger partial charge in [-0.1, -0.05) is 47.8 Å². The predicted molar refractivity (Wildman–Crippen MR) is 84.2 cm³/mol. The maximum absolute atomic E-state index is 13.7. The Balaban J connectivity index is 2.48. The number of halogens is 4. The first-order valence-electron chi connectivity index (χ1n) is 6.17. The van der Waals surface area contributed by atoms with Crippen LogP contribution in [0.4, 0.5) is 4.39 Å². The molecular formula is C15H13Cl3FN. The zero-order valence-electron chi connectivity index (χ0n) is 10.8. The fraction of sp³-hybridized carbons (Fsp3) is 0.200. The first-order chi connectivity index (χ1) is 9.52. The van der Waals surface area contributed by atoms with Crippen molar-refractivity contribution < 1.29 is 4.39 Å². The van der Waals surface area contributed by atoms with Gasteiger partial charge < -0.3 is 5.32 Å². The predicted octanol–water partition coefficient (Wildman–Crippen LogP) is 5.56. The SMILES string of the molecule is CCNCc1cc(-c2c(Cl)cc(Cl)cc2Cl)ccc1F. The summed E-state index contributed by atoms with van der Waals surface area (Å²) in [6.07, 6.45) is 0. The molecule has 0 saturated carbocycles. The molecule has 5 heteroatoms. The number of hydrogen-bond donors (Lipinski definition) is 1. The van der Waals surface area contributed by atoms with Crippen molar-refractivity contribution in [3.63, 3.8) is 0 Å². The second-order valence-corrected chi connectivity index (χ2v) is 5.58. The number of hydrogen-bond acceptors (Lipinski definition) is 1. The van der Waals surface area contributed by atoms with E-state index in [1.54, 1.807) is 24.3 Å². The summed E-state index contributed by atoms with van der Waals surface area (Å²) in [5.41, 5.74) is 2.01. The van der Waals surface area contributed by atoms with Gasteiger partial charge in [0.2, 0.25) is 0 Å². The average Bonchev–Trinajstić information content (AvgIpc) is 2.38. The van der Waals surface area contributed by atoms with E-state index in [9.17, 15) is 4.39 Å². The van der Waals surface area contributed by atoms with E-state index in [1.807, 2.05) is 6.92 Å². The van der Waals surface area contributed by atoms with Crippen molar-refractivity contribution in [3.05, 3.63) is 56.8 Å². The van der Waals surface area contributed by atoms with Gasteiger partial charge in [0.15, 0.2) is 0 Å². The van der Waals surface area contributed by atoms with Crippen molar-refractivity contribution in [1.82, 2.24) is 5.32 Å². The second-order valence-electron chi connectivity index (χ2n) is 4.33. The Morgan fingerprint density at radius 3 is 2.30 bits per heavy atom. The highest BCUT2D eigenvalue weighted by atomic mass is 35.5. The molecule has 0 amide bonds. The van der Waals surface area contributed by atoms with E-state index in [1.165, 1.54) is 6.07 Å². The molecule has 0 spiro atoms. The molecule has 2 rings (SSSR count).